The van der Waals surface area contributed by atoms with Crippen LogP contribution in [0.25, 0.3) is 43.7 Å². The first-order chi connectivity index (χ1) is 38.0. The molecule has 0 fully saturated rings. The second-order valence-corrected chi connectivity index (χ2v) is 24.9. The Balaban J connectivity index is 0.000000239. The van der Waals surface area contributed by atoms with Gasteiger partial charge in [0.05, 0.1) is 79.3 Å². The average molecular weight is 1220 g/mol. The molecule has 0 spiro atoms. The molecule has 8 aromatic rings. The monoisotopic (exact) mass is 1220 g/mol. The number of nitrogens with zero attached hydrogens (tertiary/aromatic N) is 6. The number of nitrogens with two attached hydrogens (primary N) is 1. The standard InChI is InChI=1S/C26H26F3N5O4S2.C23H18ClF3N4O2S2.C3H9NO2/c1-26(2,3)24-33-21(22(39-24)19-10-11-30-25(32-19)31-12-14(36)13-35)15-6-4-9-18(20(15)29)34-40(37,38)23-16(27)7-5-8-17(23)28;1-23(2,3)21-30-18(19(34-21)16-10-11-28-22(24)29-16)12-6-4-9-15(17(12)27)31-35(32,33)20-13(25)7-5-8-14(20)26;4-1-3(6)2-5/h4-11,14,34-36H,12-13H2,1-3H3,(H,30,31,32);4-11,31H,1-3H3;3,5-6H,1-2,4H2. The highest BCUT2D eigenvalue weighted by Gasteiger charge is 2.31. The third kappa shape index (κ3) is 15.6. The van der Waals surface area contributed by atoms with Crippen molar-refractivity contribution < 1.29 is 63.6 Å². The second kappa shape index (κ2) is 26.5. The number of hydrogen-bond acceptors (Lipinski definition) is 18. The van der Waals surface area contributed by atoms with Gasteiger partial charge in [-0.25, -0.2) is 73.1 Å². The van der Waals surface area contributed by atoms with E-state index in [2.05, 4.69) is 35.2 Å². The molecule has 2 atom stereocenters. The molecule has 0 radical (unpaired) electrons. The molecule has 18 nitrogen and oxygen atoms in total. The molecule has 29 heteroatoms. The molecular weight excluding hydrogens is 1170 g/mol. The molecule has 4 aromatic carbocycles. The minimum atomic E-state index is -4.82. The van der Waals surface area contributed by atoms with Gasteiger partial charge >= 0.3 is 0 Å². The number of aromatic nitrogens is 6. The zero-order valence-electron chi connectivity index (χ0n) is 43.7. The first kappa shape index (κ1) is 63.5. The molecule has 4 heterocycles. The van der Waals surface area contributed by atoms with Crippen molar-refractivity contribution in [3.63, 3.8) is 0 Å². The topological polar surface area (TPSA) is 289 Å². The maximum absolute atomic E-state index is 15.9. The summed E-state index contributed by atoms with van der Waals surface area (Å²) in [5.41, 5.74) is 4.09. The van der Waals surface area contributed by atoms with Crippen molar-refractivity contribution in [3.8, 4) is 43.7 Å². The number of anilines is 3. The normalized spacial score (nSPS) is 12.6. The van der Waals surface area contributed by atoms with E-state index in [0.29, 0.717) is 31.2 Å². The number of thiazole rings is 2. The summed E-state index contributed by atoms with van der Waals surface area (Å²) in [5, 5.41) is 39.1. The van der Waals surface area contributed by atoms with Gasteiger partial charge in [0, 0.05) is 47.4 Å². The first-order valence-electron chi connectivity index (χ1n) is 23.9. The van der Waals surface area contributed by atoms with Gasteiger partial charge in [-0.05, 0) is 72.3 Å². The number of benzene rings is 4. The first-order valence-corrected chi connectivity index (χ1v) is 28.9. The van der Waals surface area contributed by atoms with Crippen molar-refractivity contribution >= 4 is 71.6 Å². The Morgan fingerprint density at radius 3 is 1.35 bits per heavy atom. The Labute approximate surface area is 475 Å². The molecule has 0 saturated heterocycles. The van der Waals surface area contributed by atoms with Crippen LogP contribution in [0.2, 0.25) is 5.28 Å². The number of halogens is 7. The second-order valence-electron chi connectivity index (χ2n) is 19.3. The summed E-state index contributed by atoms with van der Waals surface area (Å²) in [7, 11) is -9.60. The van der Waals surface area contributed by atoms with Gasteiger partial charge in [0.25, 0.3) is 20.0 Å². The number of aliphatic hydroxyl groups is 4. The molecular formula is C52H53ClF6N10O8S4. The van der Waals surface area contributed by atoms with E-state index in [9.17, 15) is 39.5 Å². The molecule has 0 aliphatic rings. The van der Waals surface area contributed by atoms with E-state index < -0.39 is 100 Å². The number of hydrogen-bond donors (Lipinski definition) is 8. The minimum absolute atomic E-state index is 0.00643. The number of aliphatic hydroxyl groups excluding tert-OH is 4. The van der Waals surface area contributed by atoms with Crippen LogP contribution >= 0.6 is 34.3 Å². The minimum Gasteiger partial charge on any atom is -0.394 e. The third-order valence-corrected chi connectivity index (χ3v) is 16.9. The molecule has 0 saturated carbocycles. The van der Waals surface area contributed by atoms with E-state index >= 15 is 8.78 Å². The van der Waals surface area contributed by atoms with Crippen molar-refractivity contribution in [3.05, 3.63) is 148 Å². The van der Waals surface area contributed by atoms with Crippen LogP contribution in [0.5, 0.6) is 0 Å². The largest absolute Gasteiger partial charge is 0.394 e. The van der Waals surface area contributed by atoms with Crippen molar-refractivity contribution in [1.82, 2.24) is 29.9 Å². The molecule has 0 aliphatic carbocycles. The molecule has 0 amide bonds. The highest BCUT2D eigenvalue weighted by atomic mass is 35.5. The molecule has 0 aliphatic heterocycles. The average Bonchev–Trinajstić information content (AvgIpc) is 4.08. The number of sulfonamides is 2. The summed E-state index contributed by atoms with van der Waals surface area (Å²) < 4.78 is 143. The van der Waals surface area contributed by atoms with E-state index in [0.717, 1.165) is 48.5 Å². The lowest BCUT2D eigenvalue weighted by Gasteiger charge is -2.14. The van der Waals surface area contributed by atoms with Crippen LogP contribution in [0, 0.1) is 34.9 Å². The molecule has 9 N–H and O–H groups in total. The van der Waals surface area contributed by atoms with Gasteiger partial charge in [-0.2, -0.15) is 0 Å². The zero-order chi connectivity index (χ0) is 59.8. The van der Waals surface area contributed by atoms with E-state index in [1.807, 2.05) is 51.0 Å². The van der Waals surface area contributed by atoms with E-state index in [1.165, 1.54) is 59.3 Å². The van der Waals surface area contributed by atoms with Crippen LogP contribution in [-0.4, -0.2) is 106 Å². The Hall–Kier alpha value is -6.73. The lowest BCUT2D eigenvalue weighted by atomic mass is 9.98. The van der Waals surface area contributed by atoms with Gasteiger partial charge in [-0.15, -0.1) is 22.7 Å². The fourth-order valence-electron chi connectivity index (χ4n) is 6.83. The smallest absolute Gasteiger partial charge is 0.267 e. The highest BCUT2D eigenvalue weighted by molar-refractivity contribution is 7.93. The van der Waals surface area contributed by atoms with Crippen LogP contribution in [-0.2, 0) is 30.9 Å². The Bertz CT molecular complexity index is 3710. The maximum atomic E-state index is 15.9. The predicted octanol–water partition coefficient (Wildman–Crippen LogP) is 9.28. The summed E-state index contributed by atoms with van der Waals surface area (Å²) in [4.78, 5) is 24.4. The van der Waals surface area contributed by atoms with E-state index in [1.54, 1.807) is 12.1 Å². The number of rotatable bonds is 16. The zero-order valence-corrected chi connectivity index (χ0v) is 47.7. The molecule has 2 unspecified atom stereocenters. The fourth-order valence-corrected chi connectivity index (χ4v) is 11.6. The summed E-state index contributed by atoms with van der Waals surface area (Å²) in [6.07, 6.45) is 1.15. The van der Waals surface area contributed by atoms with Gasteiger partial charge in [-0.1, -0.05) is 65.8 Å². The van der Waals surface area contributed by atoms with Crippen molar-refractivity contribution in [1.29, 1.82) is 0 Å². The Morgan fingerprint density at radius 1 is 0.580 bits per heavy atom. The van der Waals surface area contributed by atoms with Gasteiger partial charge < -0.3 is 31.5 Å². The lowest BCUT2D eigenvalue weighted by Crippen LogP contribution is -2.23. The Kier molecular flexibility index (Phi) is 20.7. The predicted molar refractivity (Wildman–Crippen MR) is 298 cm³/mol. The van der Waals surface area contributed by atoms with Crippen molar-refractivity contribution in [2.24, 2.45) is 5.73 Å². The summed E-state index contributed by atoms with van der Waals surface area (Å²) in [6.45, 7) is 11.0. The Morgan fingerprint density at radius 2 is 0.975 bits per heavy atom. The van der Waals surface area contributed by atoms with Gasteiger partial charge in [0.1, 0.15) is 23.3 Å². The summed E-state index contributed by atoms with van der Waals surface area (Å²) in [5.74, 6) is -7.07. The van der Waals surface area contributed by atoms with Crippen molar-refractivity contribution in [2.45, 2.75) is 74.4 Å². The fraction of sp³-hybridized carbons (Fsp3) is 0.269. The molecule has 81 heavy (non-hydrogen) atoms. The van der Waals surface area contributed by atoms with E-state index in [-0.39, 0.29) is 58.9 Å². The molecule has 8 rings (SSSR count). The molecule has 4 aromatic heterocycles. The molecule has 0 bridgehead atoms. The van der Waals surface area contributed by atoms with Crippen LogP contribution in [0.1, 0.15) is 51.6 Å². The molecule has 432 valence electrons. The summed E-state index contributed by atoms with van der Waals surface area (Å²) in [6, 6.07) is 16.3. The van der Waals surface area contributed by atoms with Gasteiger partial charge in [0.2, 0.25) is 11.2 Å². The van der Waals surface area contributed by atoms with Crippen LogP contribution in [0.4, 0.5) is 43.7 Å². The SMILES string of the molecule is CC(C)(C)c1nc(-c2cccc(NS(=O)(=O)c3c(F)cccc3F)c2F)c(-c2ccnc(Cl)n2)s1.CC(C)(C)c1nc(-c2cccc(NS(=O)(=O)c3c(F)cccc3F)c2F)c(-c2ccnc(NCC(O)CO)n2)s1.NCC(O)CO. The summed E-state index contributed by atoms with van der Waals surface area (Å²) >= 11 is 8.50. The maximum Gasteiger partial charge on any atom is 0.267 e. The van der Waals surface area contributed by atoms with E-state index in [4.69, 9.17) is 32.7 Å². The highest BCUT2D eigenvalue weighted by Crippen LogP contribution is 2.44. The van der Waals surface area contributed by atoms with Gasteiger partial charge in [-0.3, -0.25) is 9.44 Å². The quantitative estimate of drug-likeness (QED) is 0.0330. The van der Waals surface area contributed by atoms with Crippen LogP contribution in [0.15, 0.2) is 107 Å². The van der Waals surface area contributed by atoms with Crippen LogP contribution in [0.3, 0.4) is 0 Å². The third-order valence-electron chi connectivity index (χ3n) is 10.8. The van der Waals surface area contributed by atoms with Crippen molar-refractivity contribution in [2.75, 3.05) is 41.1 Å². The van der Waals surface area contributed by atoms with Gasteiger partial charge in [0.15, 0.2) is 21.4 Å². The number of nitrogens with one attached hydrogen (secondary N) is 3. The van der Waals surface area contributed by atoms with Crippen LogP contribution < -0.4 is 20.5 Å². The lowest BCUT2D eigenvalue weighted by molar-refractivity contribution is 0.102.